The summed E-state index contributed by atoms with van der Waals surface area (Å²) in [5.74, 6) is 0. The average Bonchev–Trinajstić information content (AvgIpc) is 2.71. The molecule has 0 saturated heterocycles. The van der Waals surface area contributed by atoms with Crippen molar-refractivity contribution < 1.29 is 4.74 Å². The lowest BCUT2D eigenvalue weighted by Gasteiger charge is -2.30. The standard InChI is InChI=1S/C13H22N2OS/c1-2-16-13(7-5-3-4-6-8-13)12-15-10-11(9-14)17-12/h10H,2-9,14H2,1H3. The van der Waals surface area contributed by atoms with Crippen LogP contribution < -0.4 is 5.73 Å². The van der Waals surface area contributed by atoms with Crippen LogP contribution in [0.2, 0.25) is 0 Å². The zero-order chi connectivity index (χ0) is 12.1. The van der Waals surface area contributed by atoms with E-state index < -0.39 is 0 Å². The van der Waals surface area contributed by atoms with Crippen molar-refractivity contribution >= 4 is 11.3 Å². The van der Waals surface area contributed by atoms with E-state index in [1.807, 2.05) is 6.20 Å². The van der Waals surface area contributed by atoms with Crippen molar-refractivity contribution in [2.45, 2.75) is 57.6 Å². The molecule has 2 N–H and O–H groups in total. The Bertz CT molecular complexity index is 343. The van der Waals surface area contributed by atoms with Gasteiger partial charge in [0.15, 0.2) is 0 Å². The van der Waals surface area contributed by atoms with Crippen molar-refractivity contribution in [2.24, 2.45) is 5.73 Å². The summed E-state index contributed by atoms with van der Waals surface area (Å²) < 4.78 is 6.10. The van der Waals surface area contributed by atoms with Gasteiger partial charge in [0.05, 0.1) is 0 Å². The van der Waals surface area contributed by atoms with E-state index in [-0.39, 0.29) is 5.60 Å². The van der Waals surface area contributed by atoms with Crippen LogP contribution in [0.15, 0.2) is 6.20 Å². The van der Waals surface area contributed by atoms with Crippen LogP contribution in [-0.4, -0.2) is 11.6 Å². The molecule has 2 rings (SSSR count). The van der Waals surface area contributed by atoms with Gasteiger partial charge < -0.3 is 10.5 Å². The molecule has 0 amide bonds. The van der Waals surface area contributed by atoms with Gasteiger partial charge >= 0.3 is 0 Å². The minimum atomic E-state index is -0.122. The monoisotopic (exact) mass is 254 g/mol. The maximum absolute atomic E-state index is 6.10. The Labute approximate surface area is 107 Å². The van der Waals surface area contributed by atoms with Crippen LogP contribution in [0.3, 0.4) is 0 Å². The molecule has 1 aliphatic carbocycles. The largest absolute Gasteiger partial charge is 0.368 e. The SMILES string of the molecule is CCOC1(c2ncc(CN)s2)CCCCCC1. The van der Waals surface area contributed by atoms with E-state index in [2.05, 4.69) is 11.9 Å². The van der Waals surface area contributed by atoms with Crippen molar-refractivity contribution in [1.29, 1.82) is 0 Å². The number of hydrogen-bond acceptors (Lipinski definition) is 4. The van der Waals surface area contributed by atoms with E-state index in [9.17, 15) is 0 Å². The third kappa shape index (κ3) is 2.87. The summed E-state index contributed by atoms with van der Waals surface area (Å²) in [6.07, 6.45) is 9.27. The fourth-order valence-electron chi connectivity index (χ4n) is 2.61. The molecule has 0 atom stereocenters. The molecule has 0 unspecified atom stereocenters. The van der Waals surface area contributed by atoms with Crippen LogP contribution >= 0.6 is 11.3 Å². The van der Waals surface area contributed by atoms with Crippen LogP contribution in [0.25, 0.3) is 0 Å². The van der Waals surface area contributed by atoms with Gasteiger partial charge in [-0.25, -0.2) is 4.98 Å². The first kappa shape index (κ1) is 13.0. The highest BCUT2D eigenvalue weighted by Gasteiger charge is 2.36. The summed E-state index contributed by atoms with van der Waals surface area (Å²) in [4.78, 5) is 5.71. The lowest BCUT2D eigenvalue weighted by Crippen LogP contribution is -2.29. The van der Waals surface area contributed by atoms with Crippen LogP contribution in [-0.2, 0) is 16.9 Å². The van der Waals surface area contributed by atoms with E-state index >= 15 is 0 Å². The van der Waals surface area contributed by atoms with E-state index in [4.69, 9.17) is 10.5 Å². The second-order valence-electron chi connectivity index (χ2n) is 4.68. The van der Waals surface area contributed by atoms with Crippen molar-refractivity contribution in [3.63, 3.8) is 0 Å². The van der Waals surface area contributed by atoms with Crippen molar-refractivity contribution in [2.75, 3.05) is 6.61 Å². The van der Waals surface area contributed by atoms with Gasteiger partial charge in [0, 0.05) is 24.2 Å². The first-order valence-corrected chi connectivity index (χ1v) is 7.41. The second kappa shape index (κ2) is 5.94. The third-order valence-electron chi connectivity index (χ3n) is 3.48. The Morgan fingerprint density at radius 1 is 1.35 bits per heavy atom. The maximum Gasteiger partial charge on any atom is 0.125 e. The number of thiazole rings is 1. The maximum atomic E-state index is 6.10. The van der Waals surface area contributed by atoms with Crippen LogP contribution in [0.5, 0.6) is 0 Å². The quantitative estimate of drug-likeness (QED) is 0.839. The molecule has 1 aliphatic rings. The average molecular weight is 254 g/mol. The highest BCUT2D eigenvalue weighted by atomic mass is 32.1. The topological polar surface area (TPSA) is 48.1 Å². The van der Waals surface area contributed by atoms with E-state index in [0.29, 0.717) is 6.54 Å². The Morgan fingerprint density at radius 3 is 2.59 bits per heavy atom. The minimum Gasteiger partial charge on any atom is -0.368 e. The Hall–Kier alpha value is -0.450. The molecule has 4 heteroatoms. The number of aromatic nitrogens is 1. The van der Waals surface area contributed by atoms with Crippen LogP contribution in [0.1, 0.15) is 55.3 Å². The van der Waals surface area contributed by atoms with E-state index in [0.717, 1.165) is 29.3 Å². The predicted octanol–water partition coefficient (Wildman–Crippen LogP) is 3.19. The number of nitrogens with two attached hydrogens (primary N) is 1. The fraction of sp³-hybridized carbons (Fsp3) is 0.769. The molecule has 0 spiro atoms. The lowest BCUT2D eigenvalue weighted by atomic mass is 9.95. The molecule has 1 heterocycles. The Morgan fingerprint density at radius 2 is 2.06 bits per heavy atom. The molecular weight excluding hydrogens is 232 g/mol. The van der Waals surface area contributed by atoms with Crippen molar-refractivity contribution in [1.82, 2.24) is 4.98 Å². The van der Waals surface area contributed by atoms with Gasteiger partial charge in [-0.1, -0.05) is 25.7 Å². The van der Waals surface area contributed by atoms with E-state index in [1.165, 1.54) is 25.7 Å². The van der Waals surface area contributed by atoms with Crippen molar-refractivity contribution in [3.8, 4) is 0 Å². The Balaban J connectivity index is 2.24. The molecule has 17 heavy (non-hydrogen) atoms. The first-order valence-electron chi connectivity index (χ1n) is 6.60. The van der Waals surface area contributed by atoms with Gasteiger partial charge in [0.25, 0.3) is 0 Å². The van der Waals surface area contributed by atoms with Crippen LogP contribution in [0, 0.1) is 0 Å². The molecule has 0 aliphatic heterocycles. The zero-order valence-corrected chi connectivity index (χ0v) is 11.4. The summed E-state index contributed by atoms with van der Waals surface area (Å²) in [7, 11) is 0. The van der Waals surface area contributed by atoms with Crippen molar-refractivity contribution in [3.05, 3.63) is 16.1 Å². The molecule has 0 radical (unpaired) electrons. The highest BCUT2D eigenvalue weighted by Crippen LogP contribution is 2.41. The summed E-state index contributed by atoms with van der Waals surface area (Å²) in [5, 5.41) is 1.14. The fourth-order valence-corrected chi connectivity index (χ4v) is 3.60. The number of nitrogens with zero attached hydrogens (tertiary/aromatic N) is 1. The molecule has 1 saturated carbocycles. The van der Waals surface area contributed by atoms with Gasteiger partial charge in [-0.15, -0.1) is 11.3 Å². The summed E-state index contributed by atoms with van der Waals surface area (Å²) in [6.45, 7) is 3.42. The molecule has 96 valence electrons. The molecule has 1 aromatic rings. The summed E-state index contributed by atoms with van der Waals surface area (Å²) in [6, 6.07) is 0. The first-order chi connectivity index (χ1) is 8.30. The smallest absolute Gasteiger partial charge is 0.125 e. The highest BCUT2D eigenvalue weighted by molar-refractivity contribution is 7.11. The molecule has 3 nitrogen and oxygen atoms in total. The van der Waals surface area contributed by atoms with Gasteiger partial charge in [-0.2, -0.15) is 0 Å². The molecular formula is C13H22N2OS. The van der Waals surface area contributed by atoms with E-state index in [1.54, 1.807) is 11.3 Å². The normalized spacial score (nSPS) is 20.1. The third-order valence-corrected chi connectivity index (χ3v) is 4.68. The number of hydrogen-bond donors (Lipinski definition) is 1. The second-order valence-corrected chi connectivity index (χ2v) is 5.79. The zero-order valence-electron chi connectivity index (χ0n) is 10.6. The van der Waals surface area contributed by atoms with Gasteiger partial charge in [0.1, 0.15) is 10.6 Å². The van der Waals surface area contributed by atoms with Crippen LogP contribution in [0.4, 0.5) is 0 Å². The predicted molar refractivity (Wildman–Crippen MR) is 71.0 cm³/mol. The minimum absolute atomic E-state index is 0.122. The summed E-state index contributed by atoms with van der Waals surface area (Å²) >= 11 is 1.73. The summed E-state index contributed by atoms with van der Waals surface area (Å²) in [5.41, 5.74) is 5.55. The molecule has 1 aromatic heterocycles. The number of rotatable bonds is 4. The molecule has 0 bridgehead atoms. The van der Waals surface area contributed by atoms with Gasteiger partial charge in [0.2, 0.25) is 0 Å². The van der Waals surface area contributed by atoms with Gasteiger partial charge in [-0.3, -0.25) is 0 Å². The molecule has 1 fully saturated rings. The molecule has 0 aromatic carbocycles. The lowest BCUT2D eigenvalue weighted by molar-refractivity contribution is -0.0559. The number of ether oxygens (including phenoxy) is 1. The van der Waals surface area contributed by atoms with Gasteiger partial charge in [-0.05, 0) is 19.8 Å². The Kier molecular flexibility index (Phi) is 4.54.